The SMILES string of the molecule is C1CC2(C1)COCCO2. The maximum Gasteiger partial charge on any atom is 0.0916 e. The smallest absolute Gasteiger partial charge is 0.0916 e. The molecule has 0 aromatic heterocycles. The molecule has 1 spiro atoms. The van der Waals surface area contributed by atoms with Gasteiger partial charge in [0.25, 0.3) is 0 Å². The van der Waals surface area contributed by atoms with Crippen molar-refractivity contribution in [1.29, 1.82) is 0 Å². The molecule has 0 bridgehead atoms. The van der Waals surface area contributed by atoms with Crippen LogP contribution < -0.4 is 0 Å². The molecule has 0 atom stereocenters. The van der Waals surface area contributed by atoms with Gasteiger partial charge in [-0.3, -0.25) is 0 Å². The van der Waals surface area contributed by atoms with Gasteiger partial charge in [0, 0.05) is 0 Å². The Kier molecular flexibility index (Phi) is 1.24. The first-order valence-electron chi connectivity index (χ1n) is 3.63. The van der Waals surface area contributed by atoms with Crippen molar-refractivity contribution >= 4 is 0 Å². The molecule has 2 aliphatic rings. The van der Waals surface area contributed by atoms with Gasteiger partial charge < -0.3 is 9.47 Å². The number of rotatable bonds is 0. The molecular weight excluding hydrogens is 116 g/mol. The predicted octanol–water partition coefficient (Wildman–Crippen LogP) is 0.956. The van der Waals surface area contributed by atoms with E-state index in [-0.39, 0.29) is 5.60 Å². The Hall–Kier alpha value is -0.0800. The maximum absolute atomic E-state index is 5.58. The predicted molar refractivity (Wildman–Crippen MR) is 33.4 cm³/mol. The fourth-order valence-corrected chi connectivity index (χ4v) is 1.48. The van der Waals surface area contributed by atoms with Gasteiger partial charge in [-0.2, -0.15) is 0 Å². The zero-order valence-corrected chi connectivity index (χ0v) is 5.56. The Balaban J connectivity index is 1.93. The monoisotopic (exact) mass is 128 g/mol. The fraction of sp³-hybridized carbons (Fsp3) is 1.00. The van der Waals surface area contributed by atoms with E-state index in [2.05, 4.69) is 0 Å². The summed E-state index contributed by atoms with van der Waals surface area (Å²) in [5, 5.41) is 0. The van der Waals surface area contributed by atoms with Crippen LogP contribution in [0.2, 0.25) is 0 Å². The lowest BCUT2D eigenvalue weighted by Gasteiger charge is -2.43. The molecule has 1 heterocycles. The van der Waals surface area contributed by atoms with Gasteiger partial charge in [0.2, 0.25) is 0 Å². The van der Waals surface area contributed by atoms with Crippen molar-refractivity contribution in [1.82, 2.24) is 0 Å². The molecule has 0 aromatic rings. The quantitative estimate of drug-likeness (QED) is 0.483. The van der Waals surface area contributed by atoms with Crippen LogP contribution in [-0.2, 0) is 9.47 Å². The van der Waals surface area contributed by atoms with Crippen molar-refractivity contribution in [2.45, 2.75) is 24.9 Å². The minimum atomic E-state index is 0.179. The molecule has 1 aliphatic carbocycles. The molecule has 1 saturated heterocycles. The van der Waals surface area contributed by atoms with Gasteiger partial charge in [0.1, 0.15) is 0 Å². The highest BCUT2D eigenvalue weighted by Gasteiger charge is 2.39. The summed E-state index contributed by atoms with van der Waals surface area (Å²) in [4.78, 5) is 0. The van der Waals surface area contributed by atoms with Gasteiger partial charge in [-0.05, 0) is 19.3 Å². The van der Waals surface area contributed by atoms with Crippen LogP contribution in [0.3, 0.4) is 0 Å². The average molecular weight is 128 g/mol. The Labute approximate surface area is 55.1 Å². The summed E-state index contributed by atoms with van der Waals surface area (Å²) >= 11 is 0. The lowest BCUT2D eigenvalue weighted by molar-refractivity contribution is -0.191. The summed E-state index contributed by atoms with van der Waals surface area (Å²) in [6.07, 6.45) is 3.75. The van der Waals surface area contributed by atoms with E-state index < -0.39 is 0 Å². The standard InChI is InChI=1S/C7H12O2/c1-2-7(3-1)6-8-4-5-9-7/h1-6H2. The zero-order chi connectivity index (χ0) is 6.16. The minimum absolute atomic E-state index is 0.179. The molecule has 1 saturated carbocycles. The highest BCUT2D eigenvalue weighted by molar-refractivity contribution is 4.90. The lowest BCUT2D eigenvalue weighted by atomic mass is 9.80. The van der Waals surface area contributed by atoms with Gasteiger partial charge in [-0.15, -0.1) is 0 Å². The molecule has 2 nitrogen and oxygen atoms in total. The van der Waals surface area contributed by atoms with Crippen LogP contribution in [0, 0.1) is 0 Å². The largest absolute Gasteiger partial charge is 0.376 e. The summed E-state index contributed by atoms with van der Waals surface area (Å²) in [6.45, 7) is 2.44. The minimum Gasteiger partial charge on any atom is -0.376 e. The van der Waals surface area contributed by atoms with Crippen LogP contribution in [0.5, 0.6) is 0 Å². The highest BCUT2D eigenvalue weighted by Crippen LogP contribution is 2.37. The lowest BCUT2D eigenvalue weighted by Crippen LogP contribution is -2.48. The van der Waals surface area contributed by atoms with Gasteiger partial charge in [0.05, 0.1) is 25.4 Å². The second-order valence-corrected chi connectivity index (χ2v) is 2.94. The van der Waals surface area contributed by atoms with Gasteiger partial charge in [-0.25, -0.2) is 0 Å². The first-order chi connectivity index (χ1) is 4.41. The molecule has 0 aromatic carbocycles. The van der Waals surface area contributed by atoms with Crippen LogP contribution in [0.15, 0.2) is 0 Å². The Bertz CT molecular complexity index is 99.5. The molecular formula is C7H12O2. The molecule has 1 aliphatic heterocycles. The van der Waals surface area contributed by atoms with Gasteiger partial charge in [0.15, 0.2) is 0 Å². The molecule has 9 heavy (non-hydrogen) atoms. The fourth-order valence-electron chi connectivity index (χ4n) is 1.48. The molecule has 2 rings (SSSR count). The van der Waals surface area contributed by atoms with Crippen molar-refractivity contribution in [3.05, 3.63) is 0 Å². The Morgan fingerprint density at radius 2 is 2.00 bits per heavy atom. The highest BCUT2D eigenvalue weighted by atomic mass is 16.6. The van der Waals surface area contributed by atoms with Crippen LogP contribution in [-0.4, -0.2) is 25.4 Å². The third-order valence-electron chi connectivity index (χ3n) is 2.27. The topological polar surface area (TPSA) is 18.5 Å². The Morgan fingerprint density at radius 1 is 1.11 bits per heavy atom. The molecule has 0 radical (unpaired) electrons. The van der Waals surface area contributed by atoms with Crippen molar-refractivity contribution in [3.63, 3.8) is 0 Å². The second kappa shape index (κ2) is 1.96. The number of hydrogen-bond acceptors (Lipinski definition) is 2. The van der Waals surface area contributed by atoms with Crippen LogP contribution in [0.25, 0.3) is 0 Å². The summed E-state index contributed by atoms with van der Waals surface area (Å²) in [5.74, 6) is 0. The summed E-state index contributed by atoms with van der Waals surface area (Å²) < 4.78 is 10.9. The maximum atomic E-state index is 5.58. The van der Waals surface area contributed by atoms with E-state index in [1.54, 1.807) is 0 Å². The molecule has 2 heteroatoms. The summed E-state index contributed by atoms with van der Waals surface area (Å²) in [7, 11) is 0. The molecule has 0 unspecified atom stereocenters. The van der Waals surface area contributed by atoms with Crippen molar-refractivity contribution < 1.29 is 9.47 Å². The first-order valence-corrected chi connectivity index (χ1v) is 3.63. The normalized spacial score (nSPS) is 32.0. The second-order valence-electron chi connectivity index (χ2n) is 2.94. The molecule has 52 valence electrons. The molecule has 0 amide bonds. The number of ether oxygens (including phenoxy) is 2. The van der Waals surface area contributed by atoms with Crippen molar-refractivity contribution in [3.8, 4) is 0 Å². The number of hydrogen-bond donors (Lipinski definition) is 0. The summed E-state index contributed by atoms with van der Waals surface area (Å²) in [6, 6.07) is 0. The Morgan fingerprint density at radius 3 is 2.33 bits per heavy atom. The van der Waals surface area contributed by atoms with E-state index in [0.717, 1.165) is 19.8 Å². The molecule has 2 fully saturated rings. The van der Waals surface area contributed by atoms with E-state index >= 15 is 0 Å². The third-order valence-corrected chi connectivity index (χ3v) is 2.27. The van der Waals surface area contributed by atoms with Crippen molar-refractivity contribution in [2.24, 2.45) is 0 Å². The van der Waals surface area contributed by atoms with Crippen LogP contribution in [0.1, 0.15) is 19.3 Å². The van der Waals surface area contributed by atoms with E-state index in [9.17, 15) is 0 Å². The average Bonchev–Trinajstić information content (AvgIpc) is 1.87. The van der Waals surface area contributed by atoms with E-state index in [0.29, 0.717) is 0 Å². The van der Waals surface area contributed by atoms with Gasteiger partial charge in [-0.1, -0.05) is 0 Å². The summed E-state index contributed by atoms with van der Waals surface area (Å²) in [5.41, 5.74) is 0.179. The van der Waals surface area contributed by atoms with Gasteiger partial charge >= 0.3 is 0 Å². The van der Waals surface area contributed by atoms with Crippen molar-refractivity contribution in [2.75, 3.05) is 19.8 Å². The zero-order valence-electron chi connectivity index (χ0n) is 5.56. The van der Waals surface area contributed by atoms with E-state index in [1.165, 1.54) is 19.3 Å². The van der Waals surface area contributed by atoms with Crippen LogP contribution in [0.4, 0.5) is 0 Å². The molecule has 0 N–H and O–H groups in total. The third kappa shape index (κ3) is 0.864. The van der Waals surface area contributed by atoms with E-state index in [4.69, 9.17) is 9.47 Å². The van der Waals surface area contributed by atoms with E-state index in [1.807, 2.05) is 0 Å². The van der Waals surface area contributed by atoms with Crippen LogP contribution >= 0.6 is 0 Å². The first kappa shape index (κ1) is 5.69.